The van der Waals surface area contributed by atoms with Gasteiger partial charge in [-0.15, -0.1) is 0 Å². The summed E-state index contributed by atoms with van der Waals surface area (Å²) in [6, 6.07) is 4.27. The molecule has 4 nitrogen and oxygen atoms in total. The van der Waals surface area contributed by atoms with Crippen molar-refractivity contribution in [2.45, 2.75) is 19.8 Å². The molecule has 0 saturated carbocycles. The number of ether oxygens (including phenoxy) is 1. The molecule has 1 aromatic heterocycles. The molecule has 2 aromatic rings. The molecular formula is C14H15BrFN3O. The average molecular weight is 340 g/mol. The van der Waals surface area contributed by atoms with Crippen LogP contribution in [0.1, 0.15) is 25.3 Å². The molecule has 0 unspecified atom stereocenters. The number of rotatable bonds is 4. The molecule has 20 heavy (non-hydrogen) atoms. The van der Waals surface area contributed by atoms with Crippen molar-refractivity contribution in [1.29, 1.82) is 0 Å². The standard InChI is InChI=1S/C14H15BrFN3O/c1-8(2)12-13(17-3)18-7-19-14(12)20-11-6-9(16)4-5-10(11)15/h4-8H,1-3H3,(H,17,18,19). The van der Waals surface area contributed by atoms with Gasteiger partial charge in [0.15, 0.2) is 0 Å². The van der Waals surface area contributed by atoms with Crippen LogP contribution >= 0.6 is 15.9 Å². The second kappa shape index (κ2) is 6.17. The van der Waals surface area contributed by atoms with Crippen LogP contribution in [-0.4, -0.2) is 17.0 Å². The van der Waals surface area contributed by atoms with Crippen LogP contribution < -0.4 is 10.1 Å². The fourth-order valence-electron chi connectivity index (χ4n) is 1.84. The molecule has 6 heteroatoms. The van der Waals surface area contributed by atoms with Gasteiger partial charge >= 0.3 is 0 Å². The van der Waals surface area contributed by atoms with E-state index in [0.29, 0.717) is 21.9 Å². The molecule has 106 valence electrons. The van der Waals surface area contributed by atoms with Crippen LogP contribution in [0, 0.1) is 5.82 Å². The number of hydrogen-bond donors (Lipinski definition) is 1. The van der Waals surface area contributed by atoms with Crippen molar-refractivity contribution in [3.63, 3.8) is 0 Å². The maximum absolute atomic E-state index is 13.3. The van der Waals surface area contributed by atoms with Crippen molar-refractivity contribution in [3.8, 4) is 11.6 Å². The molecule has 0 aliphatic carbocycles. The van der Waals surface area contributed by atoms with Crippen LogP contribution in [-0.2, 0) is 0 Å². The predicted octanol–water partition coefficient (Wildman–Crippen LogP) is 4.34. The highest BCUT2D eigenvalue weighted by molar-refractivity contribution is 9.10. The first-order valence-corrected chi connectivity index (χ1v) is 6.97. The molecule has 0 radical (unpaired) electrons. The lowest BCUT2D eigenvalue weighted by molar-refractivity contribution is 0.445. The summed E-state index contributed by atoms with van der Waals surface area (Å²) in [6.07, 6.45) is 1.42. The van der Waals surface area contributed by atoms with E-state index in [1.54, 1.807) is 13.1 Å². The van der Waals surface area contributed by atoms with Gasteiger partial charge in [-0.25, -0.2) is 14.4 Å². The van der Waals surface area contributed by atoms with Gasteiger partial charge in [0.1, 0.15) is 23.7 Å². The summed E-state index contributed by atoms with van der Waals surface area (Å²) in [6.45, 7) is 4.04. The molecule has 2 rings (SSSR count). The van der Waals surface area contributed by atoms with Crippen LogP contribution in [0.3, 0.4) is 0 Å². The Labute approximate surface area is 125 Å². The summed E-state index contributed by atoms with van der Waals surface area (Å²) in [5.74, 6) is 1.31. The van der Waals surface area contributed by atoms with E-state index in [0.717, 1.165) is 5.56 Å². The van der Waals surface area contributed by atoms with Gasteiger partial charge in [-0.1, -0.05) is 13.8 Å². The van der Waals surface area contributed by atoms with E-state index in [-0.39, 0.29) is 11.7 Å². The molecule has 1 heterocycles. The minimum Gasteiger partial charge on any atom is -0.437 e. The molecule has 0 bridgehead atoms. The van der Waals surface area contributed by atoms with Crippen molar-refractivity contribution < 1.29 is 9.13 Å². The Balaban J connectivity index is 2.45. The Kier molecular flexibility index (Phi) is 4.54. The number of hydrogen-bond acceptors (Lipinski definition) is 4. The number of nitrogens with zero attached hydrogens (tertiary/aromatic N) is 2. The third-order valence-electron chi connectivity index (χ3n) is 2.76. The van der Waals surface area contributed by atoms with Crippen molar-refractivity contribution >= 4 is 21.7 Å². The van der Waals surface area contributed by atoms with E-state index in [2.05, 4.69) is 31.2 Å². The molecule has 0 aliphatic rings. The highest BCUT2D eigenvalue weighted by atomic mass is 79.9. The lowest BCUT2D eigenvalue weighted by atomic mass is 10.1. The normalized spacial score (nSPS) is 10.7. The Hall–Kier alpha value is -1.69. The zero-order chi connectivity index (χ0) is 14.7. The van der Waals surface area contributed by atoms with Crippen molar-refractivity contribution in [2.24, 2.45) is 0 Å². The number of nitrogens with one attached hydrogen (secondary N) is 1. The van der Waals surface area contributed by atoms with E-state index in [1.807, 2.05) is 13.8 Å². The fourth-order valence-corrected chi connectivity index (χ4v) is 2.17. The minimum absolute atomic E-state index is 0.168. The highest BCUT2D eigenvalue weighted by Crippen LogP contribution is 2.35. The van der Waals surface area contributed by atoms with Crippen LogP contribution in [0.2, 0.25) is 0 Å². The summed E-state index contributed by atoms with van der Waals surface area (Å²) in [5, 5.41) is 3.01. The number of anilines is 1. The van der Waals surface area contributed by atoms with E-state index in [1.165, 1.54) is 18.5 Å². The Morgan fingerprint density at radius 3 is 2.70 bits per heavy atom. The van der Waals surface area contributed by atoms with Gasteiger partial charge < -0.3 is 10.1 Å². The van der Waals surface area contributed by atoms with Gasteiger partial charge in [0.2, 0.25) is 5.88 Å². The molecule has 0 fully saturated rings. The third kappa shape index (κ3) is 3.07. The topological polar surface area (TPSA) is 47.0 Å². The van der Waals surface area contributed by atoms with Gasteiger partial charge in [0, 0.05) is 13.1 Å². The van der Waals surface area contributed by atoms with Crippen molar-refractivity contribution in [2.75, 3.05) is 12.4 Å². The fraction of sp³-hybridized carbons (Fsp3) is 0.286. The third-order valence-corrected chi connectivity index (χ3v) is 3.42. The molecule has 0 amide bonds. The lowest BCUT2D eigenvalue weighted by Gasteiger charge is -2.16. The van der Waals surface area contributed by atoms with Crippen LogP contribution in [0.5, 0.6) is 11.6 Å². The Bertz CT molecular complexity index is 619. The summed E-state index contributed by atoms with van der Waals surface area (Å²) in [7, 11) is 1.79. The monoisotopic (exact) mass is 339 g/mol. The molecule has 1 aromatic carbocycles. The van der Waals surface area contributed by atoms with Gasteiger partial charge in [-0.05, 0) is 34.0 Å². The number of halogens is 2. The SMILES string of the molecule is CNc1ncnc(Oc2cc(F)ccc2Br)c1C(C)C. The van der Waals surface area contributed by atoms with Gasteiger partial charge in [-0.3, -0.25) is 0 Å². The van der Waals surface area contributed by atoms with E-state index >= 15 is 0 Å². The maximum atomic E-state index is 13.3. The summed E-state index contributed by atoms with van der Waals surface area (Å²) in [4.78, 5) is 8.33. The highest BCUT2D eigenvalue weighted by Gasteiger charge is 2.17. The molecular weight excluding hydrogens is 325 g/mol. The quantitative estimate of drug-likeness (QED) is 0.900. The van der Waals surface area contributed by atoms with Crippen molar-refractivity contribution in [3.05, 3.63) is 40.4 Å². The zero-order valence-corrected chi connectivity index (χ0v) is 13.0. The number of aromatic nitrogens is 2. The zero-order valence-electron chi connectivity index (χ0n) is 11.4. The summed E-state index contributed by atoms with van der Waals surface area (Å²) in [5.41, 5.74) is 0.853. The van der Waals surface area contributed by atoms with Crippen LogP contribution in [0.15, 0.2) is 29.0 Å². The second-order valence-electron chi connectivity index (χ2n) is 4.52. The van der Waals surface area contributed by atoms with Gasteiger partial charge in [-0.2, -0.15) is 0 Å². The summed E-state index contributed by atoms with van der Waals surface area (Å²) < 4.78 is 19.7. The molecule has 0 aliphatic heterocycles. The van der Waals surface area contributed by atoms with Crippen molar-refractivity contribution in [1.82, 2.24) is 9.97 Å². The number of benzene rings is 1. The first-order chi connectivity index (χ1) is 9.52. The molecule has 0 spiro atoms. The van der Waals surface area contributed by atoms with E-state index in [9.17, 15) is 4.39 Å². The maximum Gasteiger partial charge on any atom is 0.227 e. The molecule has 0 saturated heterocycles. The summed E-state index contributed by atoms with van der Waals surface area (Å²) >= 11 is 3.33. The second-order valence-corrected chi connectivity index (χ2v) is 5.38. The van der Waals surface area contributed by atoms with Crippen LogP contribution in [0.25, 0.3) is 0 Å². The largest absolute Gasteiger partial charge is 0.437 e. The van der Waals surface area contributed by atoms with Gasteiger partial charge in [0.25, 0.3) is 0 Å². The minimum atomic E-state index is -0.364. The molecule has 1 N–H and O–H groups in total. The first kappa shape index (κ1) is 14.7. The van der Waals surface area contributed by atoms with Crippen LogP contribution in [0.4, 0.5) is 10.2 Å². The predicted molar refractivity (Wildman–Crippen MR) is 79.8 cm³/mol. The average Bonchev–Trinajstić information content (AvgIpc) is 2.42. The van der Waals surface area contributed by atoms with E-state index < -0.39 is 0 Å². The first-order valence-electron chi connectivity index (χ1n) is 6.18. The Morgan fingerprint density at radius 1 is 1.30 bits per heavy atom. The molecule has 0 atom stereocenters. The Morgan fingerprint density at radius 2 is 2.05 bits per heavy atom. The smallest absolute Gasteiger partial charge is 0.227 e. The van der Waals surface area contributed by atoms with E-state index in [4.69, 9.17) is 4.74 Å². The lowest BCUT2D eigenvalue weighted by Crippen LogP contribution is -2.05. The van der Waals surface area contributed by atoms with Gasteiger partial charge in [0.05, 0.1) is 10.0 Å².